The van der Waals surface area contributed by atoms with Crippen molar-refractivity contribution in [2.75, 3.05) is 6.61 Å². The van der Waals surface area contributed by atoms with Crippen molar-refractivity contribution in [3.63, 3.8) is 0 Å². The van der Waals surface area contributed by atoms with Crippen molar-refractivity contribution >= 4 is 34.7 Å². The maximum absolute atomic E-state index is 14.4. The zero-order chi connectivity index (χ0) is 22.1. The molecular weight excluding hydrogens is 467 g/mol. The van der Waals surface area contributed by atoms with E-state index in [0.717, 1.165) is 23.4 Å². The Hall–Kier alpha value is -2.04. The highest BCUT2D eigenvalue weighted by atomic mass is 35.5. The normalized spacial score (nSPS) is 26.0. The lowest BCUT2D eigenvalue weighted by Crippen LogP contribution is -2.55. The van der Waals surface area contributed by atoms with Gasteiger partial charge in [0, 0.05) is 15.8 Å². The Kier molecular flexibility index (Phi) is 6.59. The molecule has 12 heteroatoms. The number of rotatable bonds is 5. The van der Waals surface area contributed by atoms with Crippen LogP contribution in [0.4, 0.5) is 4.39 Å². The Balaban J connectivity index is 1.63. The number of nitriles is 1. The van der Waals surface area contributed by atoms with Gasteiger partial charge in [0.1, 0.15) is 47.4 Å². The molecule has 1 aliphatic rings. The Labute approximate surface area is 189 Å². The molecule has 1 aliphatic heterocycles. The molecule has 1 fully saturated rings. The SMILES string of the molecule is N#Cc1cc(F)c(SC2OC(CO)C(O)C(n3cc(-c4ccsc4)nn3)[C@@H]2O)cc1Cl. The van der Waals surface area contributed by atoms with Crippen LogP contribution in [-0.2, 0) is 4.74 Å². The molecule has 4 unspecified atom stereocenters. The van der Waals surface area contributed by atoms with E-state index in [1.54, 1.807) is 12.3 Å². The minimum absolute atomic E-state index is 0.0151. The van der Waals surface area contributed by atoms with E-state index in [4.69, 9.17) is 21.6 Å². The van der Waals surface area contributed by atoms with Gasteiger partial charge in [-0.15, -0.1) is 5.10 Å². The van der Waals surface area contributed by atoms with Crippen molar-refractivity contribution in [3.8, 4) is 17.3 Å². The molecule has 0 bridgehead atoms. The minimum Gasteiger partial charge on any atom is -0.394 e. The van der Waals surface area contributed by atoms with E-state index in [-0.39, 0.29) is 15.5 Å². The molecule has 0 saturated carbocycles. The van der Waals surface area contributed by atoms with Crippen LogP contribution < -0.4 is 0 Å². The second kappa shape index (κ2) is 9.22. The van der Waals surface area contributed by atoms with Gasteiger partial charge in [-0.2, -0.15) is 16.6 Å². The molecule has 3 heterocycles. The number of ether oxygens (including phenoxy) is 1. The van der Waals surface area contributed by atoms with Gasteiger partial charge in [-0.25, -0.2) is 9.07 Å². The standard InChI is InChI=1S/C19H16ClFN4O4S2/c20-11-4-15(12(21)3-10(11)5-22)31-19-18(28)16(17(27)14(7-26)29-19)25-6-13(23-24-25)9-1-2-30-8-9/h1-4,6,8,14,16-19,26-28H,7H2/t14?,16?,17?,18-,19?/m0/s1. The summed E-state index contributed by atoms with van der Waals surface area (Å²) in [5, 5.41) is 52.2. The Bertz CT molecular complexity index is 1110. The summed E-state index contributed by atoms with van der Waals surface area (Å²) < 4.78 is 21.4. The molecule has 162 valence electrons. The molecule has 3 N–H and O–H groups in total. The molecular formula is C19H16ClFN4O4S2. The summed E-state index contributed by atoms with van der Waals surface area (Å²) in [5.74, 6) is -0.703. The largest absolute Gasteiger partial charge is 0.394 e. The molecule has 4 rings (SSSR count). The molecule has 3 aromatic rings. The zero-order valence-electron chi connectivity index (χ0n) is 15.7. The van der Waals surface area contributed by atoms with Crippen LogP contribution in [0, 0.1) is 17.1 Å². The maximum Gasteiger partial charge on any atom is 0.138 e. The Morgan fingerprint density at radius 1 is 1.35 bits per heavy atom. The van der Waals surface area contributed by atoms with Crippen LogP contribution in [0.15, 0.2) is 40.1 Å². The molecule has 0 aliphatic carbocycles. The average Bonchev–Trinajstić information content (AvgIpc) is 3.44. The fourth-order valence-corrected chi connectivity index (χ4v) is 5.30. The maximum atomic E-state index is 14.4. The molecule has 8 nitrogen and oxygen atoms in total. The van der Waals surface area contributed by atoms with Crippen LogP contribution in [-0.4, -0.2) is 60.7 Å². The van der Waals surface area contributed by atoms with Crippen molar-refractivity contribution in [1.29, 1.82) is 5.26 Å². The first kappa shape index (κ1) is 22.2. The molecule has 5 atom stereocenters. The number of thioether (sulfide) groups is 1. The number of aliphatic hydroxyl groups excluding tert-OH is 3. The van der Waals surface area contributed by atoms with E-state index in [0.29, 0.717) is 5.69 Å². The van der Waals surface area contributed by atoms with Gasteiger partial charge in [-0.3, -0.25) is 0 Å². The highest BCUT2D eigenvalue weighted by molar-refractivity contribution is 7.99. The zero-order valence-corrected chi connectivity index (χ0v) is 18.1. The van der Waals surface area contributed by atoms with Crippen LogP contribution >= 0.6 is 34.7 Å². The molecule has 0 spiro atoms. The van der Waals surface area contributed by atoms with Crippen LogP contribution in [0.1, 0.15) is 11.6 Å². The highest BCUT2D eigenvalue weighted by Gasteiger charge is 2.46. The number of benzene rings is 1. The Morgan fingerprint density at radius 2 is 2.16 bits per heavy atom. The number of aliphatic hydroxyl groups is 3. The van der Waals surface area contributed by atoms with Crippen LogP contribution in [0.5, 0.6) is 0 Å². The molecule has 31 heavy (non-hydrogen) atoms. The van der Waals surface area contributed by atoms with E-state index >= 15 is 0 Å². The molecule has 1 aromatic carbocycles. The molecule has 0 amide bonds. The smallest absolute Gasteiger partial charge is 0.138 e. The molecule has 0 radical (unpaired) electrons. The predicted octanol–water partition coefficient (Wildman–Crippen LogP) is 2.44. The van der Waals surface area contributed by atoms with Gasteiger partial charge in [0.15, 0.2) is 0 Å². The third-order valence-corrected chi connectivity index (χ3v) is 7.05. The summed E-state index contributed by atoms with van der Waals surface area (Å²) in [4.78, 5) is 0.0532. The number of aromatic nitrogens is 3. The first-order chi connectivity index (χ1) is 14.9. The summed E-state index contributed by atoms with van der Waals surface area (Å²) >= 11 is 8.33. The summed E-state index contributed by atoms with van der Waals surface area (Å²) in [6, 6.07) is 4.93. The topological polar surface area (TPSA) is 124 Å². The number of nitrogens with zero attached hydrogens (tertiary/aromatic N) is 4. The lowest BCUT2D eigenvalue weighted by Gasteiger charge is -2.41. The quantitative estimate of drug-likeness (QED) is 0.506. The van der Waals surface area contributed by atoms with Crippen molar-refractivity contribution in [2.45, 2.75) is 34.7 Å². The van der Waals surface area contributed by atoms with E-state index in [9.17, 15) is 19.7 Å². The highest BCUT2D eigenvalue weighted by Crippen LogP contribution is 2.40. The predicted molar refractivity (Wildman–Crippen MR) is 112 cm³/mol. The van der Waals surface area contributed by atoms with E-state index in [1.807, 2.05) is 16.8 Å². The first-order valence-electron chi connectivity index (χ1n) is 9.05. The van der Waals surface area contributed by atoms with Gasteiger partial charge in [-0.1, -0.05) is 28.6 Å². The van der Waals surface area contributed by atoms with Gasteiger partial charge in [-0.05, 0) is 23.6 Å². The summed E-state index contributed by atoms with van der Waals surface area (Å²) in [5.41, 5.74) is 0.324. The number of hydrogen-bond donors (Lipinski definition) is 3. The number of thiophene rings is 1. The summed E-state index contributed by atoms with van der Waals surface area (Å²) in [7, 11) is 0. The number of halogens is 2. The first-order valence-corrected chi connectivity index (χ1v) is 11.3. The second-order valence-corrected chi connectivity index (χ2v) is 9.11. The average molecular weight is 483 g/mol. The fraction of sp³-hybridized carbons (Fsp3) is 0.316. The van der Waals surface area contributed by atoms with Crippen molar-refractivity contribution in [3.05, 3.63) is 51.6 Å². The van der Waals surface area contributed by atoms with Crippen molar-refractivity contribution in [1.82, 2.24) is 15.0 Å². The van der Waals surface area contributed by atoms with Crippen LogP contribution in [0.2, 0.25) is 5.02 Å². The second-order valence-electron chi connectivity index (χ2n) is 6.79. The van der Waals surface area contributed by atoms with E-state index in [2.05, 4.69) is 10.3 Å². The van der Waals surface area contributed by atoms with Crippen molar-refractivity contribution in [2.24, 2.45) is 0 Å². The van der Waals surface area contributed by atoms with Gasteiger partial charge in [0.2, 0.25) is 0 Å². The van der Waals surface area contributed by atoms with Gasteiger partial charge >= 0.3 is 0 Å². The molecule has 1 saturated heterocycles. The lowest BCUT2D eigenvalue weighted by molar-refractivity contribution is -0.178. The lowest BCUT2D eigenvalue weighted by atomic mass is 9.97. The third-order valence-electron chi connectivity index (χ3n) is 4.87. The van der Waals surface area contributed by atoms with Crippen LogP contribution in [0.3, 0.4) is 0 Å². The van der Waals surface area contributed by atoms with Crippen LogP contribution in [0.25, 0.3) is 11.3 Å². The Morgan fingerprint density at radius 3 is 2.84 bits per heavy atom. The number of hydrogen-bond acceptors (Lipinski definition) is 9. The summed E-state index contributed by atoms with van der Waals surface area (Å²) in [6.45, 7) is -0.524. The third kappa shape index (κ3) is 4.33. The summed E-state index contributed by atoms with van der Waals surface area (Å²) in [6.07, 6.45) is -2.08. The van der Waals surface area contributed by atoms with E-state index < -0.39 is 42.2 Å². The van der Waals surface area contributed by atoms with Gasteiger partial charge in [0.25, 0.3) is 0 Å². The monoisotopic (exact) mass is 482 g/mol. The fourth-order valence-electron chi connectivity index (χ4n) is 3.27. The van der Waals surface area contributed by atoms with Crippen molar-refractivity contribution < 1.29 is 24.4 Å². The van der Waals surface area contributed by atoms with E-state index in [1.165, 1.54) is 22.1 Å². The minimum atomic E-state index is -1.33. The van der Waals surface area contributed by atoms with Gasteiger partial charge < -0.3 is 20.1 Å². The molecule has 2 aromatic heterocycles. The van der Waals surface area contributed by atoms with Gasteiger partial charge in [0.05, 0.1) is 23.4 Å².